The lowest BCUT2D eigenvalue weighted by molar-refractivity contribution is -0.129. The van der Waals surface area contributed by atoms with Gasteiger partial charge in [-0.2, -0.15) is 0 Å². The van der Waals surface area contributed by atoms with Crippen molar-refractivity contribution in [1.82, 2.24) is 15.4 Å². The number of carbonyl (C=O) groups is 2. The second kappa shape index (κ2) is 9.41. The molecule has 2 aromatic heterocycles. The van der Waals surface area contributed by atoms with Gasteiger partial charge in [-0.1, -0.05) is 12.5 Å². The average molecular weight is 365 g/mol. The molecule has 6 nitrogen and oxygen atoms in total. The SMILES string of the molecule is C/C=C/c1sc(-c2nccs2)nc1C(=O)CCCCCC(=O)NO. The van der Waals surface area contributed by atoms with Crippen LogP contribution in [-0.2, 0) is 4.79 Å². The second-order valence-corrected chi connectivity index (χ2v) is 7.01. The molecule has 0 atom stereocenters. The van der Waals surface area contributed by atoms with E-state index in [1.165, 1.54) is 22.7 Å². The van der Waals surface area contributed by atoms with E-state index in [1.54, 1.807) is 11.7 Å². The van der Waals surface area contributed by atoms with E-state index < -0.39 is 5.91 Å². The fourth-order valence-electron chi connectivity index (χ4n) is 2.14. The highest BCUT2D eigenvalue weighted by Gasteiger charge is 2.18. The number of ketones is 1. The second-order valence-electron chi connectivity index (χ2n) is 5.09. The molecule has 2 aromatic rings. The minimum Gasteiger partial charge on any atom is -0.292 e. The van der Waals surface area contributed by atoms with E-state index in [0.29, 0.717) is 25.0 Å². The monoisotopic (exact) mass is 365 g/mol. The highest BCUT2D eigenvalue weighted by atomic mass is 32.1. The molecule has 8 heteroatoms. The zero-order chi connectivity index (χ0) is 17.4. The van der Waals surface area contributed by atoms with E-state index in [-0.39, 0.29) is 12.2 Å². The Balaban J connectivity index is 1.96. The molecule has 2 N–H and O–H groups in total. The third kappa shape index (κ3) is 5.05. The van der Waals surface area contributed by atoms with Gasteiger partial charge in [0, 0.05) is 24.4 Å². The first kappa shape index (κ1) is 18.4. The van der Waals surface area contributed by atoms with Crippen molar-refractivity contribution in [3.05, 3.63) is 28.2 Å². The zero-order valence-corrected chi connectivity index (χ0v) is 15.0. The Morgan fingerprint density at radius 1 is 1.25 bits per heavy atom. The molecule has 2 rings (SSSR count). The van der Waals surface area contributed by atoms with Gasteiger partial charge in [-0.05, 0) is 25.8 Å². The van der Waals surface area contributed by atoms with Crippen LogP contribution < -0.4 is 5.48 Å². The summed E-state index contributed by atoms with van der Waals surface area (Å²) >= 11 is 2.97. The summed E-state index contributed by atoms with van der Waals surface area (Å²) in [4.78, 5) is 32.9. The molecule has 0 aromatic carbocycles. The Bertz CT molecular complexity index is 708. The van der Waals surface area contributed by atoms with E-state index in [9.17, 15) is 9.59 Å². The van der Waals surface area contributed by atoms with Crippen LogP contribution in [-0.4, -0.2) is 26.9 Å². The van der Waals surface area contributed by atoms with Crippen LogP contribution in [0.2, 0.25) is 0 Å². The van der Waals surface area contributed by atoms with Crippen molar-refractivity contribution < 1.29 is 14.8 Å². The minimum absolute atomic E-state index is 0.00812. The molecule has 1 amide bonds. The molecule has 0 fully saturated rings. The third-order valence-electron chi connectivity index (χ3n) is 3.28. The number of amides is 1. The van der Waals surface area contributed by atoms with Gasteiger partial charge in [-0.15, -0.1) is 22.7 Å². The zero-order valence-electron chi connectivity index (χ0n) is 13.3. The van der Waals surface area contributed by atoms with Gasteiger partial charge in [0.25, 0.3) is 0 Å². The molecular weight excluding hydrogens is 346 g/mol. The summed E-state index contributed by atoms with van der Waals surface area (Å²) in [6.45, 7) is 1.91. The minimum atomic E-state index is -0.399. The van der Waals surface area contributed by atoms with Gasteiger partial charge in [0.05, 0.1) is 4.88 Å². The van der Waals surface area contributed by atoms with Gasteiger partial charge in [-0.3, -0.25) is 14.8 Å². The standard InChI is InChI=1S/C16H19N3O3S2/c1-2-6-12-14(18-16(24-12)15-17-9-10-23-15)11(20)7-4-3-5-8-13(21)19-22/h2,6,9-10,22H,3-5,7-8H2,1H3,(H,19,21)/b6-2+. The highest BCUT2D eigenvalue weighted by Crippen LogP contribution is 2.31. The lowest BCUT2D eigenvalue weighted by atomic mass is 10.1. The van der Waals surface area contributed by atoms with Crippen molar-refractivity contribution in [3.63, 3.8) is 0 Å². The lowest BCUT2D eigenvalue weighted by Crippen LogP contribution is -2.17. The molecule has 0 bridgehead atoms. The summed E-state index contributed by atoms with van der Waals surface area (Å²) in [6, 6.07) is 0. The van der Waals surface area contributed by atoms with E-state index in [4.69, 9.17) is 5.21 Å². The Kier molecular flexibility index (Phi) is 7.23. The molecular formula is C16H19N3O3S2. The number of aromatic nitrogens is 2. The van der Waals surface area contributed by atoms with Crippen molar-refractivity contribution in [2.75, 3.05) is 0 Å². The normalized spacial score (nSPS) is 11.1. The molecule has 0 saturated carbocycles. The topological polar surface area (TPSA) is 92.2 Å². The highest BCUT2D eigenvalue weighted by molar-refractivity contribution is 7.21. The number of hydrogen-bond donors (Lipinski definition) is 2. The largest absolute Gasteiger partial charge is 0.292 e. The lowest BCUT2D eigenvalue weighted by Gasteiger charge is -2.00. The number of rotatable bonds is 9. The number of thiazole rings is 2. The Hall–Kier alpha value is -1.90. The number of unbranched alkanes of at least 4 members (excludes halogenated alkanes) is 2. The van der Waals surface area contributed by atoms with Crippen LogP contribution in [0, 0.1) is 0 Å². The first-order valence-electron chi connectivity index (χ1n) is 7.65. The van der Waals surface area contributed by atoms with Gasteiger partial charge in [0.1, 0.15) is 5.69 Å². The Morgan fingerprint density at radius 3 is 2.71 bits per heavy atom. The summed E-state index contributed by atoms with van der Waals surface area (Å²) in [6.07, 6.45) is 8.25. The predicted octanol–water partition coefficient (Wildman–Crippen LogP) is 3.94. The molecule has 24 heavy (non-hydrogen) atoms. The van der Waals surface area contributed by atoms with Crippen LogP contribution in [0.25, 0.3) is 16.1 Å². The summed E-state index contributed by atoms with van der Waals surface area (Å²) in [5, 5.41) is 11.9. The molecule has 0 radical (unpaired) electrons. The number of hydrogen-bond acceptors (Lipinski definition) is 7. The van der Waals surface area contributed by atoms with Gasteiger partial charge in [0.2, 0.25) is 5.91 Å². The summed E-state index contributed by atoms with van der Waals surface area (Å²) in [5.41, 5.74) is 2.10. The average Bonchev–Trinajstić information content (AvgIpc) is 3.23. The first-order chi connectivity index (χ1) is 11.7. The van der Waals surface area contributed by atoms with Crippen LogP contribution in [0.15, 0.2) is 17.7 Å². The maximum absolute atomic E-state index is 12.5. The van der Waals surface area contributed by atoms with Crippen molar-refractivity contribution in [2.45, 2.75) is 39.0 Å². The number of hydroxylamine groups is 1. The van der Waals surface area contributed by atoms with Crippen molar-refractivity contribution >= 4 is 40.4 Å². The van der Waals surface area contributed by atoms with Crippen LogP contribution in [0.3, 0.4) is 0 Å². The van der Waals surface area contributed by atoms with Crippen LogP contribution in [0.1, 0.15) is 54.4 Å². The van der Waals surface area contributed by atoms with Gasteiger partial charge < -0.3 is 0 Å². The summed E-state index contributed by atoms with van der Waals surface area (Å²) in [7, 11) is 0. The number of nitrogens with one attached hydrogen (secondary N) is 1. The maximum Gasteiger partial charge on any atom is 0.243 e. The van der Waals surface area contributed by atoms with Crippen molar-refractivity contribution in [3.8, 4) is 10.0 Å². The molecule has 128 valence electrons. The van der Waals surface area contributed by atoms with Crippen molar-refractivity contribution in [2.24, 2.45) is 0 Å². The van der Waals surface area contributed by atoms with Gasteiger partial charge in [0.15, 0.2) is 15.8 Å². The molecule has 0 unspecified atom stereocenters. The number of Topliss-reactive ketones (excluding diaryl/α,β-unsaturated/α-hetero) is 1. The molecule has 0 saturated heterocycles. The quantitative estimate of drug-likeness (QED) is 0.304. The fraction of sp³-hybridized carbons (Fsp3) is 0.375. The van der Waals surface area contributed by atoms with Gasteiger partial charge >= 0.3 is 0 Å². The third-order valence-corrected chi connectivity index (χ3v) is 5.22. The summed E-state index contributed by atoms with van der Waals surface area (Å²) in [5.74, 6) is -0.391. The molecule has 2 heterocycles. The van der Waals surface area contributed by atoms with Gasteiger partial charge in [-0.25, -0.2) is 15.4 Å². The molecule has 0 aliphatic carbocycles. The number of nitrogens with zero attached hydrogens (tertiary/aromatic N) is 2. The molecule has 0 spiro atoms. The molecule has 0 aliphatic heterocycles. The predicted molar refractivity (Wildman–Crippen MR) is 95.3 cm³/mol. The first-order valence-corrected chi connectivity index (χ1v) is 9.34. The van der Waals surface area contributed by atoms with Crippen LogP contribution in [0.5, 0.6) is 0 Å². The van der Waals surface area contributed by atoms with Crippen LogP contribution in [0.4, 0.5) is 0 Å². The van der Waals surface area contributed by atoms with E-state index in [0.717, 1.165) is 21.3 Å². The van der Waals surface area contributed by atoms with E-state index in [1.807, 2.05) is 24.5 Å². The van der Waals surface area contributed by atoms with Crippen molar-refractivity contribution in [1.29, 1.82) is 0 Å². The maximum atomic E-state index is 12.5. The van der Waals surface area contributed by atoms with E-state index in [2.05, 4.69) is 9.97 Å². The molecule has 0 aliphatic rings. The fourth-order valence-corrected chi connectivity index (χ4v) is 3.87. The van der Waals surface area contributed by atoms with Crippen LogP contribution >= 0.6 is 22.7 Å². The smallest absolute Gasteiger partial charge is 0.243 e. The van der Waals surface area contributed by atoms with E-state index >= 15 is 0 Å². The number of allylic oxidation sites excluding steroid dienone is 1. The summed E-state index contributed by atoms with van der Waals surface area (Å²) < 4.78 is 0. The Labute approximate surface area is 148 Å². The Morgan fingerprint density at radius 2 is 2.04 bits per heavy atom. The number of carbonyl (C=O) groups excluding carboxylic acids is 2.